The van der Waals surface area contributed by atoms with Gasteiger partial charge >= 0.3 is 0 Å². The molecule has 0 radical (unpaired) electrons. The maximum absolute atomic E-state index is 13.5. The Kier molecular flexibility index (Phi) is 6.82. The van der Waals surface area contributed by atoms with Crippen LogP contribution in [0.2, 0.25) is 0 Å². The average molecular weight is 448 g/mol. The molecule has 2 fully saturated rings. The SMILES string of the molecule is CCNC(=O)C1(Cc2ccccc2-c2ccccc2)CCCN(C(=O)C2CC(=O)N(C)C2)C1. The zero-order chi connectivity index (χ0) is 23.4. The van der Waals surface area contributed by atoms with E-state index in [1.165, 1.54) is 0 Å². The van der Waals surface area contributed by atoms with Gasteiger partial charge in [0.25, 0.3) is 0 Å². The van der Waals surface area contributed by atoms with Gasteiger partial charge in [-0.2, -0.15) is 0 Å². The lowest BCUT2D eigenvalue weighted by molar-refractivity contribution is -0.144. The molecule has 2 heterocycles. The van der Waals surface area contributed by atoms with Gasteiger partial charge in [0.1, 0.15) is 0 Å². The van der Waals surface area contributed by atoms with Crippen molar-refractivity contribution in [3.63, 3.8) is 0 Å². The number of rotatable bonds is 6. The zero-order valence-electron chi connectivity index (χ0n) is 19.5. The molecule has 0 aliphatic carbocycles. The first-order chi connectivity index (χ1) is 15.9. The predicted molar refractivity (Wildman–Crippen MR) is 128 cm³/mol. The highest BCUT2D eigenvalue weighted by molar-refractivity contribution is 5.90. The van der Waals surface area contributed by atoms with Crippen molar-refractivity contribution in [2.24, 2.45) is 11.3 Å². The molecule has 0 aromatic heterocycles. The molecule has 2 aliphatic heterocycles. The Bertz CT molecular complexity index is 1020. The quantitative estimate of drug-likeness (QED) is 0.740. The van der Waals surface area contributed by atoms with Crippen LogP contribution in [-0.4, -0.2) is 60.7 Å². The van der Waals surface area contributed by atoms with E-state index in [9.17, 15) is 14.4 Å². The molecule has 174 valence electrons. The molecule has 2 aromatic rings. The lowest BCUT2D eigenvalue weighted by Crippen LogP contribution is -2.55. The van der Waals surface area contributed by atoms with Gasteiger partial charge in [-0.05, 0) is 42.9 Å². The van der Waals surface area contributed by atoms with Crippen LogP contribution in [0.25, 0.3) is 11.1 Å². The van der Waals surface area contributed by atoms with Crippen molar-refractivity contribution in [2.75, 3.05) is 33.2 Å². The zero-order valence-corrected chi connectivity index (χ0v) is 19.5. The third kappa shape index (κ3) is 4.80. The van der Waals surface area contributed by atoms with Crippen molar-refractivity contribution in [1.29, 1.82) is 0 Å². The standard InChI is InChI=1S/C27H33N3O3/c1-3-28-26(33)27(17-21-12-7-8-13-23(21)20-10-5-4-6-11-20)14-9-15-30(19-27)25(32)22-16-24(31)29(2)18-22/h4-8,10-13,22H,3,9,14-19H2,1-2H3,(H,28,33). The summed E-state index contributed by atoms with van der Waals surface area (Å²) in [7, 11) is 1.74. The molecule has 1 N–H and O–H groups in total. The highest BCUT2D eigenvalue weighted by Crippen LogP contribution is 2.38. The molecule has 2 atom stereocenters. The van der Waals surface area contributed by atoms with Crippen LogP contribution in [0.1, 0.15) is 31.7 Å². The van der Waals surface area contributed by atoms with Gasteiger partial charge < -0.3 is 15.1 Å². The molecule has 0 bridgehead atoms. The van der Waals surface area contributed by atoms with Gasteiger partial charge in [-0.25, -0.2) is 0 Å². The van der Waals surface area contributed by atoms with Crippen molar-refractivity contribution in [3.8, 4) is 11.1 Å². The van der Waals surface area contributed by atoms with Crippen LogP contribution in [0.5, 0.6) is 0 Å². The molecule has 0 saturated carbocycles. The maximum Gasteiger partial charge on any atom is 0.228 e. The van der Waals surface area contributed by atoms with Crippen LogP contribution < -0.4 is 5.32 Å². The Morgan fingerprint density at radius 1 is 1.09 bits per heavy atom. The Hall–Kier alpha value is -3.15. The largest absolute Gasteiger partial charge is 0.356 e. The summed E-state index contributed by atoms with van der Waals surface area (Å²) >= 11 is 0. The molecule has 3 amide bonds. The fraction of sp³-hybridized carbons (Fsp3) is 0.444. The molecule has 6 nitrogen and oxygen atoms in total. The topological polar surface area (TPSA) is 69.7 Å². The van der Waals surface area contributed by atoms with Gasteiger partial charge in [0, 0.05) is 39.6 Å². The number of piperidine rings is 1. The number of hydrogen-bond acceptors (Lipinski definition) is 3. The van der Waals surface area contributed by atoms with E-state index in [2.05, 4.69) is 29.6 Å². The van der Waals surface area contributed by atoms with Gasteiger partial charge in [-0.15, -0.1) is 0 Å². The summed E-state index contributed by atoms with van der Waals surface area (Å²) in [6.45, 7) is 3.95. The second-order valence-corrected chi connectivity index (χ2v) is 9.38. The van der Waals surface area contributed by atoms with Crippen molar-refractivity contribution in [2.45, 2.75) is 32.6 Å². The summed E-state index contributed by atoms with van der Waals surface area (Å²) < 4.78 is 0. The van der Waals surface area contributed by atoms with Crippen molar-refractivity contribution >= 4 is 17.7 Å². The van der Waals surface area contributed by atoms with E-state index in [-0.39, 0.29) is 30.1 Å². The summed E-state index contributed by atoms with van der Waals surface area (Å²) in [5.74, 6) is -0.302. The highest BCUT2D eigenvalue weighted by Gasteiger charge is 2.45. The Labute approximate surface area is 196 Å². The van der Waals surface area contributed by atoms with E-state index in [1.807, 2.05) is 42.2 Å². The molecular weight excluding hydrogens is 414 g/mol. The Morgan fingerprint density at radius 2 is 1.82 bits per heavy atom. The molecule has 2 aromatic carbocycles. The van der Waals surface area contributed by atoms with E-state index in [0.717, 1.165) is 29.5 Å². The molecule has 2 unspecified atom stereocenters. The number of hydrogen-bond donors (Lipinski definition) is 1. The molecular formula is C27H33N3O3. The van der Waals surface area contributed by atoms with Crippen LogP contribution in [-0.2, 0) is 20.8 Å². The van der Waals surface area contributed by atoms with Gasteiger partial charge in [0.05, 0.1) is 11.3 Å². The van der Waals surface area contributed by atoms with Crippen molar-refractivity contribution < 1.29 is 14.4 Å². The van der Waals surface area contributed by atoms with E-state index in [4.69, 9.17) is 0 Å². The maximum atomic E-state index is 13.5. The van der Waals surface area contributed by atoms with Crippen LogP contribution >= 0.6 is 0 Å². The number of carbonyl (C=O) groups excluding carboxylic acids is 3. The van der Waals surface area contributed by atoms with E-state index in [1.54, 1.807) is 11.9 Å². The van der Waals surface area contributed by atoms with E-state index < -0.39 is 5.41 Å². The number of amides is 3. The summed E-state index contributed by atoms with van der Waals surface area (Å²) in [5, 5.41) is 3.04. The minimum absolute atomic E-state index is 0.00239. The third-order valence-electron chi connectivity index (χ3n) is 7.03. The number of benzene rings is 2. The molecule has 4 rings (SSSR count). The van der Waals surface area contributed by atoms with Crippen LogP contribution in [0, 0.1) is 11.3 Å². The number of carbonyl (C=O) groups is 3. The van der Waals surface area contributed by atoms with Gasteiger partial charge in [-0.3, -0.25) is 14.4 Å². The first-order valence-electron chi connectivity index (χ1n) is 11.9. The average Bonchev–Trinajstić information content (AvgIpc) is 3.18. The minimum Gasteiger partial charge on any atom is -0.356 e. The summed E-state index contributed by atoms with van der Waals surface area (Å²) in [5.41, 5.74) is 2.66. The lowest BCUT2D eigenvalue weighted by atomic mass is 9.73. The Morgan fingerprint density at radius 3 is 2.52 bits per heavy atom. The smallest absolute Gasteiger partial charge is 0.228 e. The second kappa shape index (κ2) is 9.77. The molecule has 2 aliphatic rings. The Balaban J connectivity index is 1.63. The lowest BCUT2D eigenvalue weighted by Gasteiger charge is -2.42. The van der Waals surface area contributed by atoms with E-state index >= 15 is 0 Å². The fourth-order valence-electron chi connectivity index (χ4n) is 5.30. The molecule has 0 spiro atoms. The number of likely N-dealkylation sites (tertiary alicyclic amines) is 2. The summed E-state index contributed by atoms with van der Waals surface area (Å²) in [4.78, 5) is 42.2. The van der Waals surface area contributed by atoms with Gasteiger partial charge in [0.2, 0.25) is 17.7 Å². The molecule has 33 heavy (non-hydrogen) atoms. The van der Waals surface area contributed by atoms with Gasteiger partial charge in [-0.1, -0.05) is 54.6 Å². The first-order valence-corrected chi connectivity index (χ1v) is 11.9. The minimum atomic E-state index is -0.691. The third-order valence-corrected chi connectivity index (χ3v) is 7.03. The number of nitrogens with one attached hydrogen (secondary N) is 1. The van der Waals surface area contributed by atoms with Crippen LogP contribution in [0.15, 0.2) is 54.6 Å². The molecule has 6 heteroatoms. The number of nitrogens with zero attached hydrogens (tertiary/aromatic N) is 2. The normalized spacial score (nSPS) is 23.0. The second-order valence-electron chi connectivity index (χ2n) is 9.38. The highest BCUT2D eigenvalue weighted by atomic mass is 16.2. The molecule has 2 saturated heterocycles. The van der Waals surface area contributed by atoms with Crippen LogP contribution in [0.3, 0.4) is 0 Å². The summed E-state index contributed by atoms with van der Waals surface area (Å²) in [6.07, 6.45) is 2.33. The first kappa shape index (κ1) is 23.0. The van der Waals surface area contributed by atoms with E-state index in [0.29, 0.717) is 32.6 Å². The predicted octanol–water partition coefficient (Wildman–Crippen LogP) is 3.12. The van der Waals surface area contributed by atoms with Gasteiger partial charge in [0.15, 0.2) is 0 Å². The van der Waals surface area contributed by atoms with Crippen molar-refractivity contribution in [3.05, 3.63) is 60.2 Å². The summed E-state index contributed by atoms with van der Waals surface area (Å²) in [6, 6.07) is 18.4. The van der Waals surface area contributed by atoms with Crippen molar-refractivity contribution in [1.82, 2.24) is 15.1 Å². The monoisotopic (exact) mass is 447 g/mol. The van der Waals surface area contributed by atoms with Crippen LogP contribution in [0.4, 0.5) is 0 Å². The fourth-order valence-corrected chi connectivity index (χ4v) is 5.30.